The second-order valence-electron chi connectivity index (χ2n) is 7.75. The molecule has 2 heterocycles. The van der Waals surface area contributed by atoms with Gasteiger partial charge in [-0.25, -0.2) is 0 Å². The van der Waals surface area contributed by atoms with E-state index in [1.807, 2.05) is 35.7 Å². The Hall–Kier alpha value is -0.700. The molecular weight excluding hydrogens is 384 g/mol. The van der Waals surface area contributed by atoms with Gasteiger partial charge in [-0.15, -0.1) is 23.5 Å². The first-order chi connectivity index (χ1) is 12.6. The van der Waals surface area contributed by atoms with Crippen molar-refractivity contribution in [3.05, 3.63) is 12.2 Å². The zero-order valence-corrected chi connectivity index (χ0v) is 18.8. The Bertz CT molecular complexity index is 534. The molecule has 0 aliphatic carbocycles. The average Bonchev–Trinajstić information content (AvgIpc) is 3.19. The minimum atomic E-state index is -0.910. The number of rotatable bonds is 7. The lowest BCUT2D eigenvalue weighted by atomic mass is 10.0. The highest BCUT2D eigenvalue weighted by Crippen LogP contribution is 2.47. The van der Waals surface area contributed by atoms with Crippen LogP contribution in [0.1, 0.15) is 26.7 Å². The molecule has 0 saturated carbocycles. The molecule has 8 heteroatoms. The SMILES string of the molecule is C[C@@H](C/C=C/C1O[C@@H](C(=O)N(C)C)[C@H](C(=O)N(C)C)O1)CC1(C)SCCS1. The van der Waals surface area contributed by atoms with Gasteiger partial charge in [0.1, 0.15) is 0 Å². The maximum atomic E-state index is 12.4. The molecule has 0 spiro atoms. The number of amides is 2. The fourth-order valence-corrected chi connectivity index (χ4v) is 6.42. The van der Waals surface area contributed by atoms with Gasteiger partial charge in [-0.1, -0.05) is 13.0 Å². The van der Waals surface area contributed by atoms with E-state index in [0.717, 1.165) is 12.8 Å². The van der Waals surface area contributed by atoms with E-state index in [-0.39, 0.29) is 11.8 Å². The van der Waals surface area contributed by atoms with Gasteiger partial charge in [0.15, 0.2) is 18.5 Å². The van der Waals surface area contributed by atoms with Gasteiger partial charge in [0.2, 0.25) is 0 Å². The first-order valence-electron chi connectivity index (χ1n) is 9.31. The van der Waals surface area contributed by atoms with E-state index in [0.29, 0.717) is 10.00 Å². The van der Waals surface area contributed by atoms with Gasteiger partial charge in [0.05, 0.1) is 4.08 Å². The lowest BCUT2D eigenvalue weighted by Gasteiger charge is -2.25. The van der Waals surface area contributed by atoms with Crippen molar-refractivity contribution in [1.29, 1.82) is 0 Å². The molecule has 0 bridgehead atoms. The monoisotopic (exact) mass is 416 g/mol. The highest BCUT2D eigenvalue weighted by Gasteiger charge is 2.45. The largest absolute Gasteiger partial charge is 0.346 e. The number of nitrogens with zero attached hydrogens (tertiary/aromatic N) is 2. The van der Waals surface area contributed by atoms with Crippen LogP contribution in [0.4, 0.5) is 0 Å². The minimum absolute atomic E-state index is 0.261. The Morgan fingerprint density at radius 1 is 1.07 bits per heavy atom. The summed E-state index contributed by atoms with van der Waals surface area (Å²) >= 11 is 4.10. The zero-order valence-electron chi connectivity index (χ0n) is 17.1. The summed E-state index contributed by atoms with van der Waals surface area (Å²) < 4.78 is 11.8. The van der Waals surface area contributed by atoms with Crippen LogP contribution in [0, 0.1) is 5.92 Å². The van der Waals surface area contributed by atoms with Crippen molar-refractivity contribution >= 4 is 35.3 Å². The number of allylic oxidation sites excluding steroid dienone is 1. The second kappa shape index (κ2) is 9.67. The molecule has 2 aliphatic heterocycles. The van der Waals surface area contributed by atoms with Crippen LogP contribution in [-0.4, -0.2) is 83.9 Å². The molecule has 2 rings (SSSR count). The highest BCUT2D eigenvalue weighted by atomic mass is 32.2. The normalized spacial score (nSPS) is 26.4. The zero-order chi connectivity index (χ0) is 20.2. The van der Waals surface area contributed by atoms with Gasteiger partial charge in [-0.2, -0.15) is 0 Å². The third-order valence-corrected chi connectivity index (χ3v) is 7.99. The smallest absolute Gasteiger partial charge is 0.254 e. The predicted molar refractivity (Wildman–Crippen MR) is 112 cm³/mol. The highest BCUT2D eigenvalue weighted by molar-refractivity contribution is 8.21. The average molecular weight is 417 g/mol. The summed E-state index contributed by atoms with van der Waals surface area (Å²) in [5.41, 5.74) is 0. The summed E-state index contributed by atoms with van der Waals surface area (Å²) in [6.07, 6.45) is 3.45. The fourth-order valence-electron chi connectivity index (χ4n) is 3.25. The van der Waals surface area contributed by atoms with Crippen LogP contribution >= 0.6 is 23.5 Å². The first kappa shape index (κ1) is 22.6. The van der Waals surface area contributed by atoms with Crippen LogP contribution in [0.2, 0.25) is 0 Å². The molecule has 0 radical (unpaired) electrons. The molecule has 27 heavy (non-hydrogen) atoms. The topological polar surface area (TPSA) is 59.1 Å². The van der Waals surface area contributed by atoms with Gasteiger partial charge in [-0.3, -0.25) is 9.59 Å². The van der Waals surface area contributed by atoms with Crippen molar-refractivity contribution in [3.8, 4) is 0 Å². The molecular formula is C19H32N2O4S2. The van der Waals surface area contributed by atoms with Crippen LogP contribution < -0.4 is 0 Å². The third-order valence-electron chi connectivity index (χ3n) is 4.65. The molecule has 0 aromatic rings. The summed E-state index contributed by atoms with van der Waals surface area (Å²) in [6, 6.07) is 0. The summed E-state index contributed by atoms with van der Waals surface area (Å²) in [4.78, 5) is 27.6. The van der Waals surface area contributed by atoms with Crippen molar-refractivity contribution < 1.29 is 19.1 Å². The van der Waals surface area contributed by atoms with Gasteiger partial charge in [0.25, 0.3) is 11.8 Å². The van der Waals surface area contributed by atoms with Crippen LogP contribution in [0.15, 0.2) is 12.2 Å². The van der Waals surface area contributed by atoms with Gasteiger partial charge in [-0.05, 0) is 31.8 Å². The quantitative estimate of drug-likeness (QED) is 0.594. The predicted octanol–water partition coefficient (Wildman–Crippen LogP) is 2.44. The molecule has 6 nitrogen and oxygen atoms in total. The number of ether oxygens (including phenoxy) is 2. The molecule has 3 atom stereocenters. The van der Waals surface area contributed by atoms with E-state index < -0.39 is 18.5 Å². The lowest BCUT2D eigenvalue weighted by Crippen LogP contribution is -2.47. The molecule has 2 aliphatic rings. The number of likely N-dealkylation sites (N-methyl/N-ethyl adjacent to an activating group) is 2. The van der Waals surface area contributed by atoms with E-state index in [1.165, 1.54) is 21.3 Å². The van der Waals surface area contributed by atoms with Crippen molar-refractivity contribution in [3.63, 3.8) is 0 Å². The Morgan fingerprint density at radius 2 is 1.56 bits per heavy atom. The standard InChI is InChI=1S/C19H32N2O4S2/c1-13(12-19(2)26-10-11-27-19)8-7-9-14-24-15(17(22)20(3)4)16(25-14)18(23)21(5)6/h7,9,13-16H,8,10-12H2,1-6H3/b9-7+/t13-,15+,16+/m0/s1. The minimum Gasteiger partial charge on any atom is -0.346 e. The first-order valence-corrected chi connectivity index (χ1v) is 11.3. The maximum absolute atomic E-state index is 12.4. The molecule has 154 valence electrons. The molecule has 2 fully saturated rings. The number of carbonyl (C=O) groups is 2. The molecule has 0 aromatic heterocycles. The van der Waals surface area contributed by atoms with Crippen molar-refractivity contribution in [2.75, 3.05) is 39.7 Å². The van der Waals surface area contributed by atoms with Crippen LogP contribution in [0.25, 0.3) is 0 Å². The summed E-state index contributed by atoms with van der Waals surface area (Å²) in [6.45, 7) is 4.58. The summed E-state index contributed by atoms with van der Waals surface area (Å²) in [5, 5.41) is 0. The van der Waals surface area contributed by atoms with Gasteiger partial charge >= 0.3 is 0 Å². The second-order valence-corrected chi connectivity index (χ2v) is 11.2. The van der Waals surface area contributed by atoms with Gasteiger partial charge < -0.3 is 19.3 Å². The molecule has 2 amide bonds. The third kappa shape index (κ3) is 6.14. The number of hydrogen-bond acceptors (Lipinski definition) is 6. The molecule has 0 N–H and O–H groups in total. The molecule has 2 saturated heterocycles. The number of hydrogen-bond donors (Lipinski definition) is 0. The van der Waals surface area contributed by atoms with E-state index in [2.05, 4.69) is 13.8 Å². The van der Waals surface area contributed by atoms with Crippen molar-refractivity contribution in [1.82, 2.24) is 9.80 Å². The Labute approximate surface area is 171 Å². The van der Waals surface area contributed by atoms with E-state index in [9.17, 15) is 9.59 Å². The van der Waals surface area contributed by atoms with E-state index >= 15 is 0 Å². The maximum Gasteiger partial charge on any atom is 0.254 e. The summed E-state index contributed by atoms with van der Waals surface area (Å²) in [5.74, 6) is 2.49. The van der Waals surface area contributed by atoms with Crippen LogP contribution in [0.3, 0.4) is 0 Å². The summed E-state index contributed by atoms with van der Waals surface area (Å²) in [7, 11) is 6.58. The number of carbonyl (C=O) groups excluding carboxylic acids is 2. The van der Waals surface area contributed by atoms with Crippen molar-refractivity contribution in [2.45, 2.75) is 49.3 Å². The molecule has 0 aromatic carbocycles. The van der Waals surface area contributed by atoms with Crippen molar-refractivity contribution in [2.24, 2.45) is 5.92 Å². The van der Waals surface area contributed by atoms with Gasteiger partial charge in [0, 0.05) is 39.7 Å². The Balaban J connectivity index is 1.92. The fraction of sp³-hybridized carbons (Fsp3) is 0.789. The lowest BCUT2D eigenvalue weighted by molar-refractivity contribution is -0.146. The van der Waals surface area contributed by atoms with E-state index in [4.69, 9.17) is 9.47 Å². The van der Waals surface area contributed by atoms with E-state index in [1.54, 1.807) is 28.2 Å². The Kier molecular flexibility index (Phi) is 8.09. The number of thioether (sulfide) groups is 2. The van der Waals surface area contributed by atoms with Crippen LogP contribution in [0.5, 0.6) is 0 Å². The van der Waals surface area contributed by atoms with Crippen LogP contribution in [-0.2, 0) is 19.1 Å². The molecule has 0 unspecified atom stereocenters. The Morgan fingerprint density at radius 3 is 2.00 bits per heavy atom.